The lowest BCUT2D eigenvalue weighted by molar-refractivity contribution is -0.126. The molecule has 0 radical (unpaired) electrons. The average Bonchev–Trinajstić information content (AvgIpc) is 2.28. The van der Waals surface area contributed by atoms with Gasteiger partial charge in [-0.3, -0.25) is 4.79 Å². The van der Waals surface area contributed by atoms with E-state index in [0.29, 0.717) is 0 Å². The number of carbonyl (C=O) groups is 1. The van der Waals surface area contributed by atoms with Crippen LogP contribution in [0.15, 0.2) is 18.2 Å². The second kappa shape index (κ2) is 6.08. The van der Waals surface area contributed by atoms with E-state index in [1.54, 1.807) is 0 Å². The SMILES string of the molecule is COc1ccc(NC(=O)C(F)F)cc1OC(F)F. The van der Waals surface area contributed by atoms with Crippen molar-refractivity contribution >= 4 is 11.6 Å². The number of alkyl halides is 4. The quantitative estimate of drug-likeness (QED) is 0.834. The molecular formula is C10H9F4NO3. The highest BCUT2D eigenvalue weighted by atomic mass is 19.3. The maximum atomic E-state index is 12.1. The zero-order valence-corrected chi connectivity index (χ0v) is 9.12. The van der Waals surface area contributed by atoms with Crippen molar-refractivity contribution in [3.05, 3.63) is 18.2 Å². The number of methoxy groups -OCH3 is 1. The molecule has 0 saturated carbocycles. The van der Waals surface area contributed by atoms with Crippen molar-refractivity contribution in [2.75, 3.05) is 12.4 Å². The first-order valence-electron chi connectivity index (χ1n) is 4.66. The molecule has 0 atom stereocenters. The van der Waals surface area contributed by atoms with E-state index in [9.17, 15) is 22.4 Å². The van der Waals surface area contributed by atoms with Crippen molar-refractivity contribution in [2.45, 2.75) is 13.0 Å². The van der Waals surface area contributed by atoms with Crippen molar-refractivity contribution in [2.24, 2.45) is 0 Å². The summed E-state index contributed by atoms with van der Waals surface area (Å²) in [7, 11) is 1.23. The molecule has 0 bridgehead atoms. The van der Waals surface area contributed by atoms with Gasteiger partial charge < -0.3 is 14.8 Å². The Bertz CT molecular complexity index is 426. The first-order chi connectivity index (χ1) is 8.43. The van der Waals surface area contributed by atoms with E-state index in [0.717, 1.165) is 6.07 Å². The fourth-order valence-corrected chi connectivity index (χ4v) is 1.14. The van der Waals surface area contributed by atoms with Gasteiger partial charge in [0.15, 0.2) is 11.5 Å². The molecule has 0 unspecified atom stereocenters. The maximum Gasteiger partial charge on any atom is 0.387 e. The molecule has 0 saturated heterocycles. The predicted octanol–water partition coefficient (Wildman–Crippen LogP) is 2.50. The minimum absolute atomic E-state index is 0.00894. The molecule has 1 amide bonds. The van der Waals surface area contributed by atoms with Crippen LogP contribution in [0.5, 0.6) is 11.5 Å². The highest BCUT2D eigenvalue weighted by Crippen LogP contribution is 2.31. The highest BCUT2D eigenvalue weighted by Gasteiger charge is 2.17. The number of amides is 1. The summed E-state index contributed by atoms with van der Waals surface area (Å²) in [5.74, 6) is -1.91. The van der Waals surface area contributed by atoms with E-state index in [4.69, 9.17) is 4.74 Å². The summed E-state index contributed by atoms with van der Waals surface area (Å²) in [6.45, 7) is -3.10. The second-order valence-electron chi connectivity index (χ2n) is 3.03. The minimum atomic E-state index is -3.20. The summed E-state index contributed by atoms with van der Waals surface area (Å²) in [4.78, 5) is 10.7. The van der Waals surface area contributed by atoms with E-state index in [2.05, 4.69) is 4.74 Å². The van der Waals surface area contributed by atoms with E-state index in [1.165, 1.54) is 19.2 Å². The number of carbonyl (C=O) groups excluding carboxylic acids is 1. The summed E-state index contributed by atoms with van der Waals surface area (Å²) in [5.41, 5.74) is -0.100. The largest absolute Gasteiger partial charge is 0.493 e. The summed E-state index contributed by atoms with van der Waals surface area (Å²) >= 11 is 0. The summed E-state index contributed by atoms with van der Waals surface area (Å²) < 4.78 is 57.0. The van der Waals surface area contributed by atoms with Crippen LogP contribution in [-0.4, -0.2) is 26.1 Å². The lowest BCUT2D eigenvalue weighted by Gasteiger charge is -2.12. The number of nitrogens with one attached hydrogen (secondary N) is 1. The van der Waals surface area contributed by atoms with Gasteiger partial charge in [0.2, 0.25) is 0 Å². The first-order valence-corrected chi connectivity index (χ1v) is 4.66. The molecule has 18 heavy (non-hydrogen) atoms. The van der Waals surface area contributed by atoms with Crippen LogP contribution in [0.4, 0.5) is 23.2 Å². The van der Waals surface area contributed by atoms with Gasteiger partial charge in [0.25, 0.3) is 5.91 Å². The molecule has 100 valence electrons. The van der Waals surface area contributed by atoms with Crippen LogP contribution >= 0.6 is 0 Å². The zero-order chi connectivity index (χ0) is 13.7. The van der Waals surface area contributed by atoms with Crippen LogP contribution < -0.4 is 14.8 Å². The van der Waals surface area contributed by atoms with E-state index >= 15 is 0 Å². The lowest BCUT2D eigenvalue weighted by atomic mass is 10.2. The van der Waals surface area contributed by atoms with Gasteiger partial charge in [-0.2, -0.15) is 17.6 Å². The molecule has 0 fully saturated rings. The Balaban J connectivity index is 2.92. The second-order valence-corrected chi connectivity index (χ2v) is 3.03. The molecular weight excluding hydrogens is 258 g/mol. The Labute approximate surface area is 99.5 Å². The Morgan fingerprint density at radius 3 is 2.39 bits per heavy atom. The Morgan fingerprint density at radius 1 is 1.22 bits per heavy atom. The Morgan fingerprint density at radius 2 is 1.89 bits per heavy atom. The molecule has 1 aromatic carbocycles. The molecule has 1 rings (SSSR count). The van der Waals surface area contributed by atoms with Gasteiger partial charge in [0.05, 0.1) is 7.11 Å². The van der Waals surface area contributed by atoms with Crippen LogP contribution in [0, 0.1) is 0 Å². The third kappa shape index (κ3) is 3.79. The predicted molar refractivity (Wildman–Crippen MR) is 54.3 cm³/mol. The molecule has 0 aromatic heterocycles. The van der Waals surface area contributed by atoms with Crippen molar-refractivity contribution in [3.63, 3.8) is 0 Å². The van der Waals surface area contributed by atoms with Crippen LogP contribution in [-0.2, 0) is 4.79 Å². The maximum absolute atomic E-state index is 12.1. The molecule has 0 aliphatic heterocycles. The fourth-order valence-electron chi connectivity index (χ4n) is 1.14. The van der Waals surface area contributed by atoms with Crippen molar-refractivity contribution in [3.8, 4) is 11.5 Å². The van der Waals surface area contributed by atoms with E-state index in [-0.39, 0.29) is 17.2 Å². The van der Waals surface area contributed by atoms with Crippen LogP contribution in [0.2, 0.25) is 0 Å². The Kier molecular flexibility index (Phi) is 4.75. The van der Waals surface area contributed by atoms with E-state index < -0.39 is 18.9 Å². The molecule has 0 aliphatic carbocycles. The standard InChI is InChI=1S/C10H9F4NO3/c1-17-6-3-2-5(15-9(16)8(11)12)4-7(6)18-10(13)14/h2-4,8,10H,1H3,(H,15,16). The molecule has 0 aliphatic rings. The van der Waals surface area contributed by atoms with E-state index in [1.807, 2.05) is 5.32 Å². The number of rotatable bonds is 5. The fraction of sp³-hybridized carbons (Fsp3) is 0.300. The van der Waals surface area contributed by atoms with Crippen LogP contribution in [0.1, 0.15) is 0 Å². The molecule has 1 N–H and O–H groups in total. The van der Waals surface area contributed by atoms with Gasteiger partial charge in [0.1, 0.15) is 0 Å². The van der Waals surface area contributed by atoms with Crippen molar-refractivity contribution in [1.82, 2.24) is 0 Å². The van der Waals surface area contributed by atoms with Gasteiger partial charge in [-0.05, 0) is 12.1 Å². The molecule has 1 aromatic rings. The van der Waals surface area contributed by atoms with Gasteiger partial charge in [-0.25, -0.2) is 0 Å². The third-order valence-corrected chi connectivity index (χ3v) is 1.85. The summed E-state index contributed by atoms with van der Waals surface area (Å²) in [6, 6.07) is 3.39. The first kappa shape index (κ1) is 14.1. The van der Waals surface area contributed by atoms with Gasteiger partial charge in [-0.15, -0.1) is 0 Å². The van der Waals surface area contributed by atoms with Gasteiger partial charge in [-0.1, -0.05) is 0 Å². The average molecular weight is 267 g/mol. The van der Waals surface area contributed by atoms with Crippen molar-refractivity contribution in [1.29, 1.82) is 0 Å². The molecule has 0 spiro atoms. The normalized spacial score (nSPS) is 10.6. The number of hydrogen-bond donors (Lipinski definition) is 1. The molecule has 4 nitrogen and oxygen atoms in total. The number of benzene rings is 1. The Hall–Kier alpha value is -1.99. The summed E-state index contributed by atoms with van der Waals surface area (Å²) in [6.07, 6.45) is -3.20. The zero-order valence-electron chi connectivity index (χ0n) is 9.12. The van der Waals surface area contributed by atoms with Gasteiger partial charge in [0, 0.05) is 11.8 Å². The monoisotopic (exact) mass is 267 g/mol. The molecule has 0 heterocycles. The third-order valence-electron chi connectivity index (χ3n) is 1.85. The van der Waals surface area contributed by atoms with Crippen molar-refractivity contribution < 1.29 is 31.8 Å². The number of anilines is 1. The molecule has 8 heteroatoms. The summed E-state index contributed by atoms with van der Waals surface area (Å²) in [5, 5.41) is 1.84. The topological polar surface area (TPSA) is 47.6 Å². The number of ether oxygens (including phenoxy) is 2. The van der Waals surface area contributed by atoms with Gasteiger partial charge >= 0.3 is 13.0 Å². The van der Waals surface area contributed by atoms with Crippen LogP contribution in [0.25, 0.3) is 0 Å². The highest BCUT2D eigenvalue weighted by molar-refractivity contribution is 5.93. The lowest BCUT2D eigenvalue weighted by Crippen LogP contribution is -2.20. The number of halogens is 4. The minimum Gasteiger partial charge on any atom is -0.493 e. The van der Waals surface area contributed by atoms with Crippen LogP contribution in [0.3, 0.4) is 0 Å². The number of hydrogen-bond acceptors (Lipinski definition) is 3. The smallest absolute Gasteiger partial charge is 0.387 e.